The van der Waals surface area contributed by atoms with E-state index >= 15 is 0 Å². The Morgan fingerprint density at radius 1 is 1.02 bits per heavy atom. The summed E-state index contributed by atoms with van der Waals surface area (Å²) in [4.78, 5) is 46.2. The van der Waals surface area contributed by atoms with Gasteiger partial charge in [0.05, 0.1) is 18.6 Å². The van der Waals surface area contributed by atoms with Crippen LogP contribution in [0.3, 0.4) is 0 Å². The quantitative estimate of drug-likeness (QED) is 0.479. The zero-order valence-corrected chi connectivity index (χ0v) is 22.9. The van der Waals surface area contributed by atoms with Gasteiger partial charge in [0.2, 0.25) is 11.8 Å². The van der Waals surface area contributed by atoms with E-state index in [1.165, 1.54) is 19.4 Å². The summed E-state index contributed by atoms with van der Waals surface area (Å²) in [6.07, 6.45) is 3.21. The Labute approximate surface area is 233 Å². The Morgan fingerprint density at radius 2 is 1.70 bits per heavy atom. The summed E-state index contributed by atoms with van der Waals surface area (Å²) in [7, 11) is 1.29. The van der Waals surface area contributed by atoms with Crippen molar-refractivity contribution in [2.75, 3.05) is 37.0 Å². The molecule has 2 aromatic carbocycles. The van der Waals surface area contributed by atoms with Crippen molar-refractivity contribution in [1.29, 1.82) is 0 Å². The van der Waals surface area contributed by atoms with Crippen molar-refractivity contribution in [2.24, 2.45) is 5.92 Å². The predicted molar refractivity (Wildman–Crippen MR) is 150 cm³/mol. The Bertz CT molecular complexity index is 1410. The number of anilines is 2. The Morgan fingerprint density at radius 3 is 2.35 bits per heavy atom. The lowest BCUT2D eigenvalue weighted by Gasteiger charge is -2.33. The van der Waals surface area contributed by atoms with E-state index in [2.05, 4.69) is 10.3 Å². The normalized spacial score (nSPS) is 17.7. The molecule has 5 rings (SSSR count). The molecule has 0 radical (unpaired) electrons. The molecule has 2 aliphatic heterocycles. The monoisotopic (exact) mass is 544 g/mol. The van der Waals surface area contributed by atoms with Crippen LogP contribution in [0.5, 0.6) is 5.88 Å². The average Bonchev–Trinajstić information content (AvgIpc) is 3.34. The van der Waals surface area contributed by atoms with Crippen molar-refractivity contribution in [1.82, 2.24) is 9.88 Å². The van der Waals surface area contributed by atoms with E-state index in [4.69, 9.17) is 4.74 Å². The van der Waals surface area contributed by atoms with E-state index < -0.39 is 11.7 Å². The maximum absolute atomic E-state index is 14.4. The summed E-state index contributed by atoms with van der Waals surface area (Å²) in [6.45, 7) is 5.69. The maximum Gasteiger partial charge on any atom is 0.258 e. The number of nitrogens with one attached hydrogen (secondary N) is 1. The molecule has 40 heavy (non-hydrogen) atoms. The van der Waals surface area contributed by atoms with Gasteiger partial charge in [-0.1, -0.05) is 30.3 Å². The second-order valence-electron chi connectivity index (χ2n) is 10.5. The number of aromatic nitrogens is 1. The molecule has 2 aliphatic rings. The highest BCUT2D eigenvalue weighted by atomic mass is 19.1. The number of likely N-dealkylation sites (tertiary alicyclic amines) is 1. The summed E-state index contributed by atoms with van der Waals surface area (Å²) in [5.41, 5.74) is 4.53. The van der Waals surface area contributed by atoms with Crippen LogP contribution in [0.15, 0.2) is 54.7 Å². The van der Waals surface area contributed by atoms with Gasteiger partial charge in [-0.3, -0.25) is 14.4 Å². The van der Waals surface area contributed by atoms with Crippen LogP contribution in [-0.2, 0) is 9.59 Å². The Hall–Kier alpha value is -4.27. The number of nitrogens with zero attached hydrogens (tertiary/aromatic N) is 3. The standard InChI is InChI=1S/C31H33FN4O4/c1-19-5-4-6-20(2)28(19)36-18-23(17-26(36)37)31(39)35-15-12-22(13-16-35)21-7-9-24(10-8-21)34-29(38)25-11-14-33-30(40-3)27(25)32/h4-11,14,22-23H,12-13,15-18H2,1-3H3,(H,34,38). The number of methoxy groups -OCH3 is 1. The molecule has 0 spiro atoms. The number of para-hydroxylation sites is 1. The van der Waals surface area contributed by atoms with Gasteiger partial charge in [0.1, 0.15) is 0 Å². The third kappa shape index (κ3) is 5.41. The van der Waals surface area contributed by atoms with Crippen LogP contribution in [0.25, 0.3) is 0 Å². The van der Waals surface area contributed by atoms with Crippen molar-refractivity contribution in [3.63, 3.8) is 0 Å². The predicted octanol–water partition coefficient (Wildman–Crippen LogP) is 4.86. The molecule has 0 saturated carbocycles. The molecule has 208 valence electrons. The summed E-state index contributed by atoms with van der Waals surface area (Å²) in [5.74, 6) is -1.60. The number of aryl methyl sites for hydroxylation is 2. The van der Waals surface area contributed by atoms with Gasteiger partial charge in [-0.25, -0.2) is 9.37 Å². The highest BCUT2D eigenvalue weighted by Gasteiger charge is 2.39. The highest BCUT2D eigenvalue weighted by Crippen LogP contribution is 2.34. The lowest BCUT2D eigenvalue weighted by Crippen LogP contribution is -2.42. The van der Waals surface area contributed by atoms with E-state index in [9.17, 15) is 18.8 Å². The number of rotatable bonds is 6. The van der Waals surface area contributed by atoms with Crippen LogP contribution in [0.2, 0.25) is 0 Å². The van der Waals surface area contributed by atoms with Crippen molar-refractivity contribution in [3.8, 4) is 5.88 Å². The number of piperidine rings is 1. The molecule has 2 saturated heterocycles. The topological polar surface area (TPSA) is 91.8 Å². The molecule has 1 unspecified atom stereocenters. The second-order valence-corrected chi connectivity index (χ2v) is 10.5. The number of carbonyl (C=O) groups excluding carboxylic acids is 3. The zero-order valence-electron chi connectivity index (χ0n) is 22.9. The molecule has 1 N–H and O–H groups in total. The lowest BCUT2D eigenvalue weighted by atomic mass is 9.89. The van der Waals surface area contributed by atoms with Crippen LogP contribution in [-0.4, -0.2) is 54.3 Å². The summed E-state index contributed by atoms with van der Waals surface area (Å²) in [6, 6.07) is 14.8. The van der Waals surface area contributed by atoms with Gasteiger partial charge in [-0.2, -0.15) is 0 Å². The molecule has 0 bridgehead atoms. The van der Waals surface area contributed by atoms with Gasteiger partial charge in [0.25, 0.3) is 11.8 Å². The minimum Gasteiger partial charge on any atom is -0.479 e. The van der Waals surface area contributed by atoms with Crippen molar-refractivity contribution in [3.05, 3.63) is 82.8 Å². The van der Waals surface area contributed by atoms with Gasteiger partial charge in [-0.05, 0) is 67.5 Å². The first-order chi connectivity index (χ1) is 19.3. The first-order valence-electron chi connectivity index (χ1n) is 13.5. The second kappa shape index (κ2) is 11.5. The first kappa shape index (κ1) is 27.3. The summed E-state index contributed by atoms with van der Waals surface area (Å²) in [5, 5.41) is 2.71. The van der Waals surface area contributed by atoms with Gasteiger partial charge in [-0.15, -0.1) is 0 Å². The largest absolute Gasteiger partial charge is 0.479 e. The average molecular weight is 545 g/mol. The van der Waals surface area contributed by atoms with Crippen LogP contribution in [0.4, 0.5) is 15.8 Å². The van der Waals surface area contributed by atoms with E-state index in [0.717, 1.165) is 35.2 Å². The van der Waals surface area contributed by atoms with Gasteiger partial charge in [0, 0.05) is 43.6 Å². The number of hydrogen-bond acceptors (Lipinski definition) is 5. The van der Waals surface area contributed by atoms with Crippen molar-refractivity contribution in [2.45, 2.75) is 39.0 Å². The molecule has 3 aromatic rings. The van der Waals surface area contributed by atoms with Crippen LogP contribution >= 0.6 is 0 Å². The number of carbonyl (C=O) groups is 3. The molecular formula is C31H33FN4O4. The number of pyridine rings is 1. The van der Waals surface area contributed by atoms with E-state index in [-0.39, 0.29) is 41.5 Å². The fourth-order valence-corrected chi connectivity index (χ4v) is 5.79. The molecule has 3 amide bonds. The minimum absolute atomic E-state index is 0.00336. The molecular weight excluding hydrogens is 511 g/mol. The Kier molecular flexibility index (Phi) is 7.82. The maximum atomic E-state index is 14.4. The molecule has 1 aromatic heterocycles. The highest BCUT2D eigenvalue weighted by molar-refractivity contribution is 6.04. The third-order valence-corrected chi connectivity index (χ3v) is 7.93. The van der Waals surface area contributed by atoms with Crippen molar-refractivity contribution >= 4 is 29.1 Å². The van der Waals surface area contributed by atoms with E-state index in [0.29, 0.717) is 25.3 Å². The number of ether oxygens (including phenoxy) is 1. The molecule has 3 heterocycles. The SMILES string of the molecule is COc1nccc(C(=O)Nc2ccc(C3CCN(C(=O)C4CC(=O)N(c5c(C)cccc5C)C4)CC3)cc2)c1F. The summed E-state index contributed by atoms with van der Waals surface area (Å²) >= 11 is 0. The number of amides is 3. The fraction of sp³-hybridized carbons (Fsp3) is 0.355. The third-order valence-electron chi connectivity index (χ3n) is 7.93. The van der Waals surface area contributed by atoms with Crippen molar-refractivity contribution < 1.29 is 23.5 Å². The van der Waals surface area contributed by atoms with E-state index in [1.54, 1.807) is 17.0 Å². The lowest BCUT2D eigenvalue weighted by molar-refractivity contribution is -0.136. The molecule has 9 heteroatoms. The van der Waals surface area contributed by atoms with Gasteiger partial charge < -0.3 is 19.9 Å². The molecule has 0 aliphatic carbocycles. The van der Waals surface area contributed by atoms with Gasteiger partial charge in [0.15, 0.2) is 5.82 Å². The first-order valence-corrected chi connectivity index (χ1v) is 13.5. The smallest absolute Gasteiger partial charge is 0.258 e. The number of benzene rings is 2. The fourth-order valence-electron chi connectivity index (χ4n) is 5.79. The van der Waals surface area contributed by atoms with Crippen LogP contribution in [0, 0.1) is 25.6 Å². The van der Waals surface area contributed by atoms with Crippen LogP contribution in [0.1, 0.15) is 52.2 Å². The zero-order chi connectivity index (χ0) is 28.4. The molecule has 2 fully saturated rings. The summed E-state index contributed by atoms with van der Waals surface area (Å²) < 4.78 is 19.2. The van der Waals surface area contributed by atoms with E-state index in [1.807, 2.05) is 49.1 Å². The Balaban J connectivity index is 1.16. The molecule has 1 atom stereocenters. The van der Waals surface area contributed by atoms with Crippen LogP contribution < -0.4 is 15.0 Å². The number of hydrogen-bond donors (Lipinski definition) is 1. The number of halogens is 1. The van der Waals surface area contributed by atoms with Gasteiger partial charge >= 0.3 is 0 Å². The molecule has 8 nitrogen and oxygen atoms in total. The minimum atomic E-state index is -0.805.